The number of phenols is 1. The van der Waals surface area contributed by atoms with Crippen LogP contribution in [0, 0.1) is 0 Å². The third kappa shape index (κ3) is 2.46. The lowest BCUT2D eigenvalue weighted by Crippen LogP contribution is -2.11. The lowest BCUT2D eigenvalue weighted by Gasteiger charge is -2.05. The molecule has 112 valence electrons. The number of hydrogen-bond donors (Lipinski definition) is 2. The molecular weight excluding hydrogens is 282 g/mol. The van der Waals surface area contributed by atoms with Crippen LogP contribution in [-0.4, -0.2) is 27.9 Å². The Bertz CT molecular complexity index is 855. The number of fused-ring (bicyclic) bond motifs is 1. The minimum atomic E-state index is -0.267. The van der Waals surface area contributed by atoms with E-state index in [9.17, 15) is 9.90 Å². The van der Waals surface area contributed by atoms with Gasteiger partial charge in [-0.15, -0.1) is 0 Å². The summed E-state index contributed by atoms with van der Waals surface area (Å²) in [5.74, 6) is 0.481. The molecule has 0 unspecified atom stereocenters. The number of aromatic hydroxyl groups is 1. The highest BCUT2D eigenvalue weighted by Gasteiger charge is 2.13. The van der Waals surface area contributed by atoms with Crippen molar-refractivity contribution in [3.8, 4) is 11.6 Å². The molecule has 0 aliphatic rings. The predicted octanol–water partition coefficient (Wildman–Crippen LogP) is 2.54. The Morgan fingerprint density at radius 2 is 2.09 bits per heavy atom. The molecule has 3 aromatic rings. The molecule has 1 aromatic heterocycles. The average molecular weight is 297 g/mol. The first-order valence-electron chi connectivity index (χ1n) is 6.69. The van der Waals surface area contributed by atoms with Gasteiger partial charge in [-0.2, -0.15) is 5.10 Å². The largest absolute Gasteiger partial charge is 0.508 e. The second kappa shape index (κ2) is 5.40. The van der Waals surface area contributed by atoms with Gasteiger partial charge in [-0.05, 0) is 30.3 Å². The molecule has 2 aromatic carbocycles. The van der Waals surface area contributed by atoms with Gasteiger partial charge in [0.1, 0.15) is 5.75 Å². The second-order valence-electron chi connectivity index (χ2n) is 4.87. The van der Waals surface area contributed by atoms with Gasteiger partial charge in [0, 0.05) is 24.4 Å². The molecule has 6 heteroatoms. The number of rotatable bonds is 3. The Hall–Kier alpha value is -3.02. The van der Waals surface area contributed by atoms with Crippen LogP contribution in [0.1, 0.15) is 10.4 Å². The number of methoxy groups -OCH3 is 1. The van der Waals surface area contributed by atoms with Crippen molar-refractivity contribution in [2.75, 3.05) is 12.4 Å². The maximum Gasteiger partial charge on any atom is 0.255 e. The van der Waals surface area contributed by atoms with E-state index >= 15 is 0 Å². The molecule has 22 heavy (non-hydrogen) atoms. The summed E-state index contributed by atoms with van der Waals surface area (Å²) in [7, 11) is 3.37. The van der Waals surface area contributed by atoms with Gasteiger partial charge in [-0.25, -0.2) is 4.68 Å². The van der Waals surface area contributed by atoms with E-state index in [4.69, 9.17) is 4.74 Å². The number of hydrogen-bond acceptors (Lipinski definition) is 4. The Morgan fingerprint density at radius 3 is 2.82 bits per heavy atom. The number of nitrogens with zero attached hydrogens (tertiary/aromatic N) is 2. The molecular formula is C16H15N3O3. The average Bonchev–Trinajstić information content (AvgIpc) is 2.81. The summed E-state index contributed by atoms with van der Waals surface area (Å²) in [6.45, 7) is 0. The maximum absolute atomic E-state index is 12.3. The van der Waals surface area contributed by atoms with Gasteiger partial charge in [0.05, 0.1) is 18.0 Å². The fraction of sp³-hybridized carbons (Fsp3) is 0.125. The van der Waals surface area contributed by atoms with Gasteiger partial charge in [0.2, 0.25) is 5.88 Å². The third-order valence-corrected chi connectivity index (χ3v) is 3.34. The van der Waals surface area contributed by atoms with Gasteiger partial charge >= 0.3 is 0 Å². The number of nitrogens with one attached hydrogen (secondary N) is 1. The normalized spacial score (nSPS) is 10.6. The van der Waals surface area contributed by atoms with E-state index in [-0.39, 0.29) is 11.7 Å². The van der Waals surface area contributed by atoms with E-state index in [1.165, 1.54) is 6.07 Å². The van der Waals surface area contributed by atoms with E-state index in [0.29, 0.717) is 22.6 Å². The van der Waals surface area contributed by atoms with E-state index in [2.05, 4.69) is 10.4 Å². The smallest absolute Gasteiger partial charge is 0.255 e. The fourth-order valence-corrected chi connectivity index (χ4v) is 2.35. The molecule has 0 spiro atoms. The zero-order valence-corrected chi connectivity index (χ0v) is 12.2. The number of phenolic OH excluding ortho intramolecular Hbond substituents is 1. The van der Waals surface area contributed by atoms with Crippen LogP contribution < -0.4 is 10.1 Å². The van der Waals surface area contributed by atoms with Crippen molar-refractivity contribution in [1.29, 1.82) is 0 Å². The van der Waals surface area contributed by atoms with Gasteiger partial charge in [0.25, 0.3) is 5.91 Å². The summed E-state index contributed by atoms with van der Waals surface area (Å²) >= 11 is 0. The van der Waals surface area contributed by atoms with Gasteiger partial charge < -0.3 is 15.2 Å². The van der Waals surface area contributed by atoms with Crippen molar-refractivity contribution in [3.05, 3.63) is 48.0 Å². The predicted molar refractivity (Wildman–Crippen MR) is 83.3 cm³/mol. The van der Waals surface area contributed by atoms with E-state index in [1.54, 1.807) is 55.2 Å². The first-order chi connectivity index (χ1) is 10.6. The highest BCUT2D eigenvalue weighted by atomic mass is 16.5. The van der Waals surface area contributed by atoms with Gasteiger partial charge in [-0.3, -0.25) is 4.79 Å². The number of amides is 1. The first kappa shape index (κ1) is 13.9. The molecule has 0 aliphatic carbocycles. The zero-order valence-electron chi connectivity index (χ0n) is 12.2. The minimum absolute atomic E-state index is 0.0997. The summed E-state index contributed by atoms with van der Waals surface area (Å²) in [6.07, 6.45) is 0. The number of ether oxygens (including phenoxy) is 1. The highest BCUT2D eigenvalue weighted by molar-refractivity contribution is 6.06. The van der Waals surface area contributed by atoms with Crippen molar-refractivity contribution in [2.45, 2.75) is 0 Å². The molecule has 1 amide bonds. The van der Waals surface area contributed by atoms with Crippen molar-refractivity contribution < 1.29 is 14.6 Å². The van der Waals surface area contributed by atoms with Crippen molar-refractivity contribution in [1.82, 2.24) is 9.78 Å². The molecule has 0 saturated carbocycles. The Morgan fingerprint density at radius 1 is 1.27 bits per heavy atom. The van der Waals surface area contributed by atoms with E-state index in [1.807, 2.05) is 0 Å². The Balaban J connectivity index is 1.91. The summed E-state index contributed by atoms with van der Waals surface area (Å²) in [4.78, 5) is 12.3. The number of aryl methyl sites for hydroxylation is 1. The Labute approximate surface area is 126 Å². The maximum atomic E-state index is 12.3. The summed E-state index contributed by atoms with van der Waals surface area (Å²) in [5.41, 5.74) is 1.70. The molecule has 6 nitrogen and oxygen atoms in total. The van der Waals surface area contributed by atoms with Gasteiger partial charge in [0.15, 0.2) is 0 Å². The van der Waals surface area contributed by atoms with E-state index in [0.717, 1.165) is 5.39 Å². The molecule has 0 saturated heterocycles. The SMILES string of the molecule is COc1c2ccc(C(=O)Nc3cccc(O)c3)cc2nn1C. The molecule has 0 atom stereocenters. The molecule has 0 bridgehead atoms. The monoisotopic (exact) mass is 297 g/mol. The molecule has 0 aliphatic heterocycles. The van der Waals surface area contributed by atoms with Crippen molar-refractivity contribution >= 4 is 22.5 Å². The summed E-state index contributed by atoms with van der Waals surface area (Å²) < 4.78 is 6.91. The van der Waals surface area contributed by atoms with Crippen LogP contribution in [0.15, 0.2) is 42.5 Å². The molecule has 3 rings (SSSR count). The molecule has 2 N–H and O–H groups in total. The highest BCUT2D eigenvalue weighted by Crippen LogP contribution is 2.25. The summed E-state index contributed by atoms with van der Waals surface area (Å²) in [6, 6.07) is 11.6. The number of benzene rings is 2. The van der Waals surface area contributed by atoms with Gasteiger partial charge in [-0.1, -0.05) is 6.07 Å². The standard InChI is InChI=1S/C16H15N3O3/c1-19-16(22-2)13-7-6-10(8-14(13)18-19)15(21)17-11-4-3-5-12(20)9-11/h3-9,20H,1-2H3,(H,17,21). The lowest BCUT2D eigenvalue weighted by atomic mass is 10.1. The van der Waals surface area contributed by atoms with Crippen LogP contribution >= 0.6 is 0 Å². The van der Waals surface area contributed by atoms with Crippen molar-refractivity contribution in [3.63, 3.8) is 0 Å². The fourth-order valence-electron chi connectivity index (χ4n) is 2.35. The number of carbonyl (C=O) groups excluding carboxylic acids is 1. The topological polar surface area (TPSA) is 76.4 Å². The van der Waals surface area contributed by atoms with Crippen LogP contribution in [0.4, 0.5) is 5.69 Å². The summed E-state index contributed by atoms with van der Waals surface area (Å²) in [5, 5.41) is 17.3. The lowest BCUT2D eigenvalue weighted by molar-refractivity contribution is 0.102. The quantitative estimate of drug-likeness (QED) is 0.779. The zero-order chi connectivity index (χ0) is 15.7. The third-order valence-electron chi connectivity index (χ3n) is 3.34. The van der Waals surface area contributed by atoms with Crippen LogP contribution in [0.2, 0.25) is 0 Å². The number of anilines is 1. The van der Waals surface area contributed by atoms with Crippen molar-refractivity contribution in [2.24, 2.45) is 7.05 Å². The van der Waals surface area contributed by atoms with E-state index < -0.39 is 0 Å². The minimum Gasteiger partial charge on any atom is -0.508 e. The van der Waals surface area contributed by atoms with Crippen LogP contribution in [0.25, 0.3) is 10.9 Å². The molecule has 0 radical (unpaired) electrons. The van der Waals surface area contributed by atoms with Crippen LogP contribution in [0.3, 0.4) is 0 Å². The van der Waals surface area contributed by atoms with Crippen LogP contribution in [-0.2, 0) is 7.05 Å². The molecule has 0 fully saturated rings. The van der Waals surface area contributed by atoms with Crippen LogP contribution in [0.5, 0.6) is 11.6 Å². The molecule has 1 heterocycles. The second-order valence-corrected chi connectivity index (χ2v) is 4.87. The number of carbonyl (C=O) groups is 1. The number of aromatic nitrogens is 2. The Kier molecular flexibility index (Phi) is 3.42. The first-order valence-corrected chi connectivity index (χ1v) is 6.69.